The van der Waals surface area contributed by atoms with Crippen LogP contribution >= 0.6 is 0 Å². The van der Waals surface area contributed by atoms with Crippen LogP contribution in [-0.2, 0) is 5.60 Å². The van der Waals surface area contributed by atoms with E-state index in [0.29, 0.717) is 0 Å². The van der Waals surface area contributed by atoms with Crippen molar-refractivity contribution in [2.45, 2.75) is 12.5 Å². The maximum atomic E-state index is 9.78. The number of nitrogens with two attached hydrogens (primary N) is 1. The van der Waals surface area contributed by atoms with Crippen molar-refractivity contribution in [2.75, 3.05) is 0 Å². The molecule has 0 bridgehead atoms. The molecule has 1 unspecified atom stereocenters. The predicted octanol–water partition coefficient (Wildman–Crippen LogP) is 0.127. The molecule has 0 saturated carbocycles. The lowest BCUT2D eigenvalue weighted by Gasteiger charge is -2.20. The first-order valence-electron chi connectivity index (χ1n) is 3.73. The van der Waals surface area contributed by atoms with Crippen LogP contribution in [0.15, 0.2) is 19.0 Å². The lowest BCUT2D eigenvalue weighted by molar-refractivity contribution is 0.119. The highest BCUT2D eigenvalue weighted by atomic mass is 16.3. The number of nitrogens with one attached hydrogen (secondary N) is 1. The largest absolute Gasteiger partial charge is 0.385 e. The topological polar surface area (TPSA) is 87.9 Å². The lowest BCUT2D eigenvalue weighted by atomic mass is 10.1. The van der Waals surface area contributed by atoms with Gasteiger partial charge in [0.2, 0.25) is 0 Å². The van der Waals surface area contributed by atoms with Gasteiger partial charge in [0, 0.05) is 18.6 Å². The van der Waals surface area contributed by atoms with Crippen LogP contribution in [0, 0.1) is 5.41 Å². The van der Waals surface area contributed by atoms with Crippen LogP contribution in [0.3, 0.4) is 0 Å². The van der Waals surface area contributed by atoms with Gasteiger partial charge in [-0.15, -0.1) is 0 Å². The molecule has 4 N–H and O–H groups in total. The summed E-state index contributed by atoms with van der Waals surface area (Å²) in [6.07, 6.45) is 4.62. The number of hydrogen-bond donors (Lipinski definition) is 3. The summed E-state index contributed by atoms with van der Waals surface area (Å²) < 4.78 is 1.52. The third-order valence-electron chi connectivity index (χ3n) is 1.83. The Morgan fingerprint density at radius 2 is 2.54 bits per heavy atom. The summed E-state index contributed by atoms with van der Waals surface area (Å²) >= 11 is 0. The zero-order valence-electron chi connectivity index (χ0n) is 7.36. The molecular weight excluding hydrogens is 168 g/mol. The Labute approximate surface area is 76.0 Å². The van der Waals surface area contributed by atoms with E-state index < -0.39 is 5.60 Å². The van der Waals surface area contributed by atoms with Crippen LogP contribution in [-0.4, -0.2) is 20.5 Å². The molecular formula is C8H12N4O. The molecule has 0 amide bonds. The number of hydrogen-bond acceptors (Lipinski definition) is 3. The zero-order valence-corrected chi connectivity index (χ0v) is 7.36. The zero-order chi connectivity index (χ0) is 10.1. The Morgan fingerprint density at radius 1 is 1.92 bits per heavy atom. The van der Waals surface area contributed by atoms with Gasteiger partial charge in [0.25, 0.3) is 0 Å². The van der Waals surface area contributed by atoms with Gasteiger partial charge >= 0.3 is 0 Å². The third-order valence-corrected chi connectivity index (χ3v) is 1.83. The molecule has 5 heteroatoms. The first-order chi connectivity index (χ1) is 6.00. The number of aromatic nitrogens is 2. The molecule has 1 heterocycles. The molecule has 1 aromatic heterocycles. The first-order valence-corrected chi connectivity index (χ1v) is 3.73. The third kappa shape index (κ3) is 1.46. The number of nitrogens with zero attached hydrogens (tertiary/aromatic N) is 2. The van der Waals surface area contributed by atoms with E-state index in [1.54, 1.807) is 6.20 Å². The normalized spacial score (nSPS) is 14.9. The summed E-state index contributed by atoms with van der Waals surface area (Å²) in [6, 6.07) is 0. The van der Waals surface area contributed by atoms with Crippen LogP contribution in [0.25, 0.3) is 6.20 Å². The van der Waals surface area contributed by atoms with Crippen LogP contribution in [0.4, 0.5) is 0 Å². The standard InChI is InChI=1S/C8H12N4O/c1-3-12-5-4-11-7(12)8(2,13)6(9)10/h3-5,13H,1H2,2H3,(H3,9,10). The van der Waals surface area contributed by atoms with Crippen molar-refractivity contribution < 1.29 is 5.11 Å². The van der Waals surface area contributed by atoms with Crippen molar-refractivity contribution in [3.63, 3.8) is 0 Å². The van der Waals surface area contributed by atoms with E-state index in [-0.39, 0.29) is 11.7 Å². The molecule has 1 aromatic rings. The minimum absolute atomic E-state index is 0.287. The van der Waals surface area contributed by atoms with E-state index in [4.69, 9.17) is 11.1 Å². The molecule has 13 heavy (non-hydrogen) atoms. The second-order valence-corrected chi connectivity index (χ2v) is 2.83. The molecule has 0 aromatic carbocycles. The molecule has 1 rings (SSSR count). The van der Waals surface area contributed by atoms with Crippen molar-refractivity contribution in [2.24, 2.45) is 5.73 Å². The predicted molar refractivity (Wildman–Crippen MR) is 50.1 cm³/mol. The average Bonchev–Trinajstić information content (AvgIpc) is 2.51. The second-order valence-electron chi connectivity index (χ2n) is 2.83. The van der Waals surface area contributed by atoms with Crippen molar-refractivity contribution in [1.82, 2.24) is 9.55 Å². The monoisotopic (exact) mass is 180 g/mol. The van der Waals surface area contributed by atoms with E-state index >= 15 is 0 Å². The maximum absolute atomic E-state index is 9.78. The summed E-state index contributed by atoms with van der Waals surface area (Å²) in [5, 5.41) is 17.0. The van der Waals surface area contributed by atoms with Crippen molar-refractivity contribution in [3.05, 3.63) is 24.8 Å². The average molecular weight is 180 g/mol. The Balaban J connectivity index is 3.20. The second kappa shape index (κ2) is 3.02. The van der Waals surface area contributed by atoms with Crippen LogP contribution in [0.1, 0.15) is 12.7 Å². The minimum atomic E-state index is -1.54. The summed E-state index contributed by atoms with van der Waals surface area (Å²) in [5.41, 5.74) is 3.69. The summed E-state index contributed by atoms with van der Waals surface area (Å²) in [5.74, 6) is -0.0585. The summed E-state index contributed by atoms with van der Waals surface area (Å²) in [7, 11) is 0. The van der Waals surface area contributed by atoms with Gasteiger partial charge in [0.05, 0.1) is 0 Å². The van der Waals surface area contributed by atoms with Gasteiger partial charge in [-0.1, -0.05) is 6.58 Å². The molecule has 0 radical (unpaired) electrons. The van der Waals surface area contributed by atoms with Gasteiger partial charge in [-0.25, -0.2) is 4.98 Å². The van der Waals surface area contributed by atoms with E-state index in [9.17, 15) is 5.11 Å². The molecule has 0 spiro atoms. The molecule has 70 valence electrons. The fourth-order valence-electron chi connectivity index (χ4n) is 0.958. The number of aliphatic hydroxyl groups is 1. The highest BCUT2D eigenvalue weighted by Crippen LogP contribution is 2.18. The number of imidazole rings is 1. The summed E-state index contributed by atoms with van der Waals surface area (Å²) in [6.45, 7) is 4.95. The van der Waals surface area contributed by atoms with E-state index in [1.165, 1.54) is 23.9 Å². The SMILES string of the molecule is C=Cn1ccnc1C(C)(O)C(=N)N. The van der Waals surface area contributed by atoms with Gasteiger partial charge in [-0.05, 0) is 6.92 Å². The molecule has 5 nitrogen and oxygen atoms in total. The van der Waals surface area contributed by atoms with Gasteiger partial charge < -0.3 is 15.4 Å². The minimum Gasteiger partial charge on any atom is -0.385 e. The van der Waals surface area contributed by atoms with Gasteiger partial charge in [0.1, 0.15) is 5.84 Å². The highest BCUT2D eigenvalue weighted by Gasteiger charge is 2.31. The van der Waals surface area contributed by atoms with Gasteiger partial charge in [-0.2, -0.15) is 0 Å². The van der Waals surface area contributed by atoms with Crippen LogP contribution in [0.5, 0.6) is 0 Å². The molecule has 0 fully saturated rings. The van der Waals surface area contributed by atoms with Crippen molar-refractivity contribution in [3.8, 4) is 0 Å². The van der Waals surface area contributed by atoms with E-state index in [1.807, 2.05) is 0 Å². The number of rotatable bonds is 3. The Bertz CT molecular complexity index is 340. The van der Waals surface area contributed by atoms with Gasteiger partial charge in [0.15, 0.2) is 11.4 Å². The first kappa shape index (κ1) is 9.47. The highest BCUT2D eigenvalue weighted by molar-refractivity contribution is 5.86. The fourth-order valence-corrected chi connectivity index (χ4v) is 0.958. The van der Waals surface area contributed by atoms with E-state index in [2.05, 4.69) is 11.6 Å². The van der Waals surface area contributed by atoms with Crippen LogP contribution in [0.2, 0.25) is 0 Å². The lowest BCUT2D eigenvalue weighted by Crippen LogP contribution is -2.39. The Morgan fingerprint density at radius 3 is 3.00 bits per heavy atom. The molecule has 0 aliphatic rings. The quantitative estimate of drug-likeness (QED) is 0.456. The molecule has 0 aliphatic carbocycles. The van der Waals surface area contributed by atoms with Crippen molar-refractivity contribution in [1.29, 1.82) is 5.41 Å². The molecule has 1 atom stereocenters. The van der Waals surface area contributed by atoms with Crippen molar-refractivity contribution >= 4 is 12.0 Å². The Kier molecular flexibility index (Phi) is 2.20. The van der Waals surface area contributed by atoms with Crippen LogP contribution < -0.4 is 5.73 Å². The molecule has 0 saturated heterocycles. The number of amidine groups is 1. The smallest absolute Gasteiger partial charge is 0.176 e. The molecule has 0 aliphatic heterocycles. The van der Waals surface area contributed by atoms with E-state index in [0.717, 1.165) is 0 Å². The van der Waals surface area contributed by atoms with Gasteiger partial charge in [-0.3, -0.25) is 5.41 Å². The fraction of sp³-hybridized carbons (Fsp3) is 0.250. The Hall–Kier alpha value is -1.62. The maximum Gasteiger partial charge on any atom is 0.176 e. The summed E-state index contributed by atoms with van der Waals surface area (Å²) in [4.78, 5) is 3.90.